The van der Waals surface area contributed by atoms with E-state index in [-0.39, 0.29) is 5.78 Å². The van der Waals surface area contributed by atoms with Crippen molar-refractivity contribution < 1.29 is 4.79 Å². The summed E-state index contributed by atoms with van der Waals surface area (Å²) in [6.45, 7) is 4.31. The molecule has 0 saturated heterocycles. The molecular formula is C18H22N2O. The van der Waals surface area contributed by atoms with E-state index >= 15 is 0 Å². The summed E-state index contributed by atoms with van der Waals surface area (Å²) in [5.74, 6) is 0.698. The molecule has 1 aromatic carbocycles. The molecule has 3 nitrogen and oxygen atoms in total. The molecule has 2 aromatic rings. The van der Waals surface area contributed by atoms with Crippen LogP contribution < -0.4 is 5.32 Å². The SMILES string of the molecule is CCCC(CC)Nc1ncccc1C(=O)c1ccccc1. The molecule has 0 aliphatic carbocycles. The van der Waals surface area contributed by atoms with E-state index in [4.69, 9.17) is 0 Å². The summed E-state index contributed by atoms with van der Waals surface area (Å²) in [5, 5.41) is 3.42. The number of carbonyl (C=O) groups is 1. The minimum Gasteiger partial charge on any atom is -0.367 e. The Kier molecular flexibility index (Phi) is 5.50. The third-order valence-corrected chi connectivity index (χ3v) is 3.56. The molecule has 1 atom stereocenters. The van der Waals surface area contributed by atoms with E-state index in [0.29, 0.717) is 23.0 Å². The Labute approximate surface area is 126 Å². The number of hydrogen-bond acceptors (Lipinski definition) is 3. The third-order valence-electron chi connectivity index (χ3n) is 3.56. The van der Waals surface area contributed by atoms with Crippen LogP contribution in [0.3, 0.4) is 0 Å². The number of rotatable bonds is 7. The highest BCUT2D eigenvalue weighted by Crippen LogP contribution is 2.19. The topological polar surface area (TPSA) is 42.0 Å². The molecule has 21 heavy (non-hydrogen) atoms. The van der Waals surface area contributed by atoms with Crippen LogP contribution in [0.5, 0.6) is 0 Å². The molecular weight excluding hydrogens is 260 g/mol. The number of benzene rings is 1. The lowest BCUT2D eigenvalue weighted by Gasteiger charge is -2.18. The Bertz CT molecular complexity index is 581. The van der Waals surface area contributed by atoms with Crippen molar-refractivity contribution in [2.24, 2.45) is 0 Å². The molecule has 1 aromatic heterocycles. The molecule has 3 heteroatoms. The number of anilines is 1. The second kappa shape index (κ2) is 7.58. The van der Waals surface area contributed by atoms with Crippen LogP contribution in [0, 0.1) is 0 Å². The molecule has 110 valence electrons. The van der Waals surface area contributed by atoms with Crippen LogP contribution in [0.2, 0.25) is 0 Å². The van der Waals surface area contributed by atoms with Gasteiger partial charge in [-0.25, -0.2) is 4.98 Å². The monoisotopic (exact) mass is 282 g/mol. The molecule has 2 rings (SSSR count). The highest BCUT2D eigenvalue weighted by Gasteiger charge is 2.16. The number of carbonyl (C=O) groups excluding carboxylic acids is 1. The molecule has 0 spiro atoms. The van der Waals surface area contributed by atoms with Gasteiger partial charge in [0.2, 0.25) is 0 Å². The number of ketones is 1. The second-order valence-electron chi connectivity index (χ2n) is 5.13. The zero-order chi connectivity index (χ0) is 15.1. The molecule has 0 aliphatic rings. The lowest BCUT2D eigenvalue weighted by molar-refractivity contribution is 0.103. The van der Waals surface area contributed by atoms with Gasteiger partial charge in [-0.1, -0.05) is 50.6 Å². The number of nitrogens with one attached hydrogen (secondary N) is 1. The maximum absolute atomic E-state index is 12.6. The Hall–Kier alpha value is -2.16. The number of hydrogen-bond donors (Lipinski definition) is 1. The van der Waals surface area contributed by atoms with E-state index in [9.17, 15) is 4.79 Å². The number of aromatic nitrogens is 1. The summed E-state index contributed by atoms with van der Waals surface area (Å²) in [7, 11) is 0. The lowest BCUT2D eigenvalue weighted by atomic mass is 10.0. The fraction of sp³-hybridized carbons (Fsp3) is 0.333. The molecule has 0 radical (unpaired) electrons. The highest BCUT2D eigenvalue weighted by molar-refractivity contribution is 6.11. The van der Waals surface area contributed by atoms with E-state index < -0.39 is 0 Å². The first-order chi connectivity index (χ1) is 10.3. The molecule has 1 N–H and O–H groups in total. The van der Waals surface area contributed by atoms with Crippen LogP contribution in [0.4, 0.5) is 5.82 Å². The first-order valence-corrected chi connectivity index (χ1v) is 7.57. The van der Waals surface area contributed by atoms with Gasteiger partial charge in [-0.3, -0.25) is 4.79 Å². The minimum absolute atomic E-state index is 0.0116. The first kappa shape index (κ1) is 15.2. The van der Waals surface area contributed by atoms with Gasteiger partial charge in [0, 0.05) is 17.8 Å². The largest absolute Gasteiger partial charge is 0.367 e. The molecule has 0 aliphatic heterocycles. The smallest absolute Gasteiger partial charge is 0.196 e. The summed E-state index contributed by atoms with van der Waals surface area (Å²) in [5.41, 5.74) is 1.33. The summed E-state index contributed by atoms with van der Waals surface area (Å²) < 4.78 is 0. The average molecular weight is 282 g/mol. The van der Waals surface area contributed by atoms with Crippen LogP contribution in [0.15, 0.2) is 48.7 Å². The zero-order valence-electron chi connectivity index (χ0n) is 12.7. The van der Waals surface area contributed by atoms with Crippen LogP contribution >= 0.6 is 0 Å². The van der Waals surface area contributed by atoms with E-state index in [0.717, 1.165) is 19.3 Å². The summed E-state index contributed by atoms with van der Waals surface area (Å²) >= 11 is 0. The highest BCUT2D eigenvalue weighted by atomic mass is 16.1. The normalized spacial score (nSPS) is 11.9. The summed E-state index contributed by atoms with van der Waals surface area (Å²) in [4.78, 5) is 17.0. The van der Waals surface area contributed by atoms with Crippen molar-refractivity contribution in [1.82, 2.24) is 4.98 Å². The van der Waals surface area contributed by atoms with Gasteiger partial charge in [0.25, 0.3) is 0 Å². The van der Waals surface area contributed by atoms with Crippen molar-refractivity contribution in [1.29, 1.82) is 0 Å². The maximum Gasteiger partial charge on any atom is 0.196 e. The summed E-state index contributed by atoms with van der Waals surface area (Å²) in [6.07, 6.45) is 4.93. The average Bonchev–Trinajstić information content (AvgIpc) is 2.55. The van der Waals surface area contributed by atoms with Gasteiger partial charge in [-0.2, -0.15) is 0 Å². The first-order valence-electron chi connectivity index (χ1n) is 7.57. The molecule has 1 heterocycles. The minimum atomic E-state index is 0.0116. The van der Waals surface area contributed by atoms with Crippen LogP contribution in [-0.4, -0.2) is 16.8 Å². The molecule has 1 unspecified atom stereocenters. The number of pyridine rings is 1. The van der Waals surface area contributed by atoms with Crippen molar-refractivity contribution >= 4 is 11.6 Å². The van der Waals surface area contributed by atoms with Gasteiger partial charge in [-0.05, 0) is 25.0 Å². The van der Waals surface area contributed by atoms with Crippen molar-refractivity contribution in [3.63, 3.8) is 0 Å². The van der Waals surface area contributed by atoms with Crippen molar-refractivity contribution in [2.75, 3.05) is 5.32 Å². The standard InChI is InChI=1S/C18H22N2O/c1-3-9-15(4-2)20-18-16(12-8-13-19-18)17(21)14-10-6-5-7-11-14/h5-8,10-13,15H,3-4,9H2,1-2H3,(H,19,20). The fourth-order valence-corrected chi connectivity index (χ4v) is 2.37. The van der Waals surface area contributed by atoms with Crippen LogP contribution in [0.25, 0.3) is 0 Å². The molecule has 0 saturated carbocycles. The second-order valence-corrected chi connectivity index (χ2v) is 5.13. The summed E-state index contributed by atoms with van der Waals surface area (Å²) in [6, 6.07) is 13.3. The van der Waals surface area contributed by atoms with E-state index in [1.807, 2.05) is 42.5 Å². The van der Waals surface area contributed by atoms with E-state index in [2.05, 4.69) is 24.1 Å². The predicted molar refractivity (Wildman–Crippen MR) is 86.7 cm³/mol. The molecule has 0 fully saturated rings. The van der Waals surface area contributed by atoms with Crippen molar-refractivity contribution in [3.8, 4) is 0 Å². The van der Waals surface area contributed by atoms with Crippen LogP contribution in [-0.2, 0) is 0 Å². The fourth-order valence-electron chi connectivity index (χ4n) is 2.37. The Balaban J connectivity index is 2.26. The van der Waals surface area contributed by atoms with E-state index in [1.165, 1.54) is 0 Å². The van der Waals surface area contributed by atoms with Gasteiger partial charge in [0.15, 0.2) is 5.78 Å². The quantitative estimate of drug-likeness (QED) is 0.770. The van der Waals surface area contributed by atoms with Gasteiger partial charge in [-0.15, -0.1) is 0 Å². The van der Waals surface area contributed by atoms with Gasteiger partial charge in [0.05, 0.1) is 5.56 Å². The van der Waals surface area contributed by atoms with Gasteiger partial charge in [0.1, 0.15) is 5.82 Å². The zero-order valence-corrected chi connectivity index (χ0v) is 12.7. The van der Waals surface area contributed by atoms with Crippen molar-refractivity contribution in [3.05, 3.63) is 59.8 Å². The predicted octanol–water partition coefficient (Wildman–Crippen LogP) is 4.30. The maximum atomic E-state index is 12.6. The van der Waals surface area contributed by atoms with Crippen LogP contribution in [0.1, 0.15) is 49.0 Å². The van der Waals surface area contributed by atoms with E-state index in [1.54, 1.807) is 6.20 Å². The number of nitrogens with zero attached hydrogens (tertiary/aromatic N) is 1. The Morgan fingerprint density at radius 3 is 2.57 bits per heavy atom. The van der Waals surface area contributed by atoms with Gasteiger partial charge >= 0.3 is 0 Å². The third kappa shape index (κ3) is 3.91. The Morgan fingerprint density at radius 2 is 1.90 bits per heavy atom. The molecule has 0 amide bonds. The van der Waals surface area contributed by atoms with Gasteiger partial charge < -0.3 is 5.32 Å². The Morgan fingerprint density at radius 1 is 1.14 bits per heavy atom. The van der Waals surface area contributed by atoms with Crippen molar-refractivity contribution in [2.45, 2.75) is 39.2 Å². The molecule has 0 bridgehead atoms. The lowest BCUT2D eigenvalue weighted by Crippen LogP contribution is -2.21.